The van der Waals surface area contributed by atoms with Crippen LogP contribution in [0.25, 0.3) is 0 Å². The molecule has 0 aromatic carbocycles. The van der Waals surface area contributed by atoms with E-state index in [9.17, 15) is 24.3 Å². The Morgan fingerprint density at radius 1 is 1.46 bits per heavy atom. The number of thiazole rings is 1. The minimum Gasteiger partial charge on any atom is -0.543 e. The number of furan rings is 1. The Morgan fingerprint density at radius 3 is 2.83 bits per heavy atom. The monoisotopic (exact) mass is 545 g/mol. The van der Waals surface area contributed by atoms with Gasteiger partial charge in [0.2, 0.25) is 0 Å². The largest absolute Gasteiger partial charge is 1.00 e. The van der Waals surface area contributed by atoms with Gasteiger partial charge >= 0.3 is 29.6 Å². The van der Waals surface area contributed by atoms with E-state index in [4.69, 9.17) is 15.0 Å². The molecule has 0 saturated carbocycles. The van der Waals surface area contributed by atoms with Gasteiger partial charge in [0.05, 0.1) is 17.9 Å². The molecular weight excluding hydrogens is 529 g/mol. The molecule has 2 aromatic rings. The topological polar surface area (TPSA) is 180 Å². The molecule has 2 aliphatic heterocycles. The van der Waals surface area contributed by atoms with Crippen LogP contribution in [0.5, 0.6) is 0 Å². The van der Waals surface area contributed by atoms with Gasteiger partial charge in [-0.15, -0.1) is 23.1 Å². The fraction of sp³-hybridized carbons (Fsp3) is 0.263. The van der Waals surface area contributed by atoms with Gasteiger partial charge in [-0.2, -0.15) is 0 Å². The number of nitrogen functional groups attached to an aromatic ring is 1. The van der Waals surface area contributed by atoms with Crippen LogP contribution in [-0.2, 0) is 19.2 Å². The van der Waals surface area contributed by atoms with E-state index in [1.54, 1.807) is 6.07 Å². The maximum absolute atomic E-state index is 12.8. The molecule has 2 unspecified atom stereocenters. The third-order valence-electron chi connectivity index (χ3n) is 4.79. The first-order valence-corrected chi connectivity index (χ1v) is 12.4. The van der Waals surface area contributed by atoms with E-state index in [1.165, 1.54) is 36.6 Å². The minimum absolute atomic E-state index is 0. The van der Waals surface area contributed by atoms with Crippen molar-refractivity contribution in [3.05, 3.63) is 46.5 Å². The van der Waals surface area contributed by atoms with E-state index in [2.05, 4.69) is 15.5 Å². The third-order valence-corrected chi connectivity index (χ3v) is 7.76. The van der Waals surface area contributed by atoms with E-state index < -0.39 is 29.2 Å². The second-order valence-electron chi connectivity index (χ2n) is 6.85. The molecule has 1 saturated heterocycles. The van der Waals surface area contributed by atoms with Crippen LogP contribution in [-0.4, -0.2) is 68.5 Å². The minimum atomic E-state index is -1.54. The number of hydrogen-bond acceptors (Lipinski definition) is 13. The number of carboxylic acids is 1. The smallest absolute Gasteiger partial charge is 0.543 e. The summed E-state index contributed by atoms with van der Waals surface area (Å²) < 4.78 is 5.04. The predicted molar refractivity (Wildman–Crippen MR) is 123 cm³/mol. The Balaban J connectivity index is 0.00000342. The van der Waals surface area contributed by atoms with Gasteiger partial charge < -0.3 is 30.2 Å². The maximum atomic E-state index is 12.8. The molecule has 2 aliphatic rings. The van der Waals surface area contributed by atoms with Crippen LogP contribution in [0.1, 0.15) is 16.2 Å². The van der Waals surface area contributed by atoms with Crippen molar-refractivity contribution in [2.75, 3.05) is 24.3 Å². The van der Waals surface area contributed by atoms with Crippen molar-refractivity contribution >= 4 is 68.6 Å². The number of carbonyl (C=O) groups excluding carboxylic acids is 4. The van der Waals surface area contributed by atoms with Crippen LogP contribution in [0.4, 0.5) is 5.13 Å². The second-order valence-corrected chi connectivity index (χ2v) is 9.79. The number of carbonyl (C=O) groups is 4. The van der Waals surface area contributed by atoms with Crippen molar-refractivity contribution in [2.24, 2.45) is 5.16 Å². The Labute approximate surface area is 233 Å². The van der Waals surface area contributed by atoms with Gasteiger partial charge in [0.1, 0.15) is 24.2 Å². The summed E-state index contributed by atoms with van der Waals surface area (Å²) in [5.74, 6) is -2.48. The van der Waals surface area contributed by atoms with Crippen molar-refractivity contribution in [1.29, 1.82) is 0 Å². The molecule has 35 heavy (non-hydrogen) atoms. The molecule has 1 fully saturated rings. The molecule has 2 amide bonds. The Morgan fingerprint density at radius 2 is 2.23 bits per heavy atom. The van der Waals surface area contributed by atoms with Gasteiger partial charge in [-0.25, -0.2) is 4.98 Å². The standard InChI is InChI=1S/C19H17N5O7S3.Na/c1-30-23-11(9-7-34-19(20)21-9)14(25)22-12-15(26)24-13(17(27)28)8(5-32-16(12)24)6-33-18(29)10-3-2-4-31-10;/h2-4,7,12,16H,5-6H2,1H3,(H2,20,21)(H,22,25)(H,27,28);/q;+1/p-1/b23-11-;. The number of oxime groups is 1. The fourth-order valence-electron chi connectivity index (χ4n) is 3.30. The Kier molecular flexibility index (Phi) is 9.06. The number of anilines is 1. The summed E-state index contributed by atoms with van der Waals surface area (Å²) >= 11 is 3.22. The molecule has 16 heteroatoms. The summed E-state index contributed by atoms with van der Waals surface area (Å²) in [6, 6.07) is 2.08. The number of hydrogen-bond donors (Lipinski definition) is 2. The molecule has 0 spiro atoms. The number of fused-ring (bicyclic) bond motifs is 1. The van der Waals surface area contributed by atoms with Crippen LogP contribution < -0.4 is 45.7 Å². The Bertz CT molecular complexity index is 1210. The summed E-state index contributed by atoms with van der Waals surface area (Å²) in [7, 11) is 1.25. The van der Waals surface area contributed by atoms with E-state index in [0.29, 0.717) is 5.57 Å². The van der Waals surface area contributed by atoms with E-state index >= 15 is 0 Å². The summed E-state index contributed by atoms with van der Waals surface area (Å²) in [6.45, 7) is 0. The predicted octanol–water partition coefficient (Wildman–Crippen LogP) is -3.35. The number of thioether (sulfide) groups is 2. The molecule has 2 aromatic heterocycles. The summed E-state index contributed by atoms with van der Waals surface area (Å²) in [5.41, 5.74) is 5.68. The van der Waals surface area contributed by atoms with Gasteiger partial charge in [-0.1, -0.05) is 16.9 Å². The molecule has 0 aliphatic carbocycles. The summed E-state index contributed by atoms with van der Waals surface area (Å²) in [4.78, 5) is 59.4. The number of aromatic nitrogens is 1. The molecule has 178 valence electrons. The van der Waals surface area contributed by atoms with Gasteiger partial charge in [-0.3, -0.25) is 19.3 Å². The summed E-state index contributed by atoms with van der Waals surface area (Å²) in [6.07, 6.45) is 1.36. The van der Waals surface area contributed by atoms with Gasteiger partial charge in [0.25, 0.3) is 16.9 Å². The van der Waals surface area contributed by atoms with Gasteiger partial charge in [0.15, 0.2) is 16.6 Å². The number of aliphatic carboxylic acids is 1. The van der Waals surface area contributed by atoms with Crippen molar-refractivity contribution in [3.8, 4) is 0 Å². The maximum Gasteiger partial charge on any atom is 1.00 e. The molecule has 4 heterocycles. The van der Waals surface area contributed by atoms with Crippen molar-refractivity contribution < 1.29 is 63.1 Å². The second kappa shape index (κ2) is 11.6. The number of nitrogens with zero attached hydrogens (tertiary/aromatic N) is 3. The van der Waals surface area contributed by atoms with Crippen LogP contribution in [0.15, 0.2) is 44.6 Å². The fourth-order valence-corrected chi connectivity index (χ4v) is 6.13. The Hall–Kier alpha value is -2.30. The zero-order chi connectivity index (χ0) is 24.4. The molecule has 0 radical (unpaired) electrons. The van der Waals surface area contributed by atoms with Crippen molar-refractivity contribution in [3.63, 3.8) is 0 Å². The SMILES string of the molecule is CO/N=C(\C(=O)NC1C(=O)N2C(C(=O)[O-])=C(CSC(=O)c3ccco3)CSC12)c1csc(N)n1.[Na+]. The zero-order valence-electron chi connectivity index (χ0n) is 18.4. The molecular formula is C19H16N5NaO7S3. The van der Waals surface area contributed by atoms with Crippen LogP contribution >= 0.6 is 34.9 Å². The van der Waals surface area contributed by atoms with E-state index in [0.717, 1.165) is 28.0 Å². The third kappa shape index (κ3) is 5.59. The van der Waals surface area contributed by atoms with Crippen LogP contribution in [0.2, 0.25) is 0 Å². The molecule has 2 atom stereocenters. The number of nitrogens with two attached hydrogens (primary N) is 1. The first kappa shape index (κ1) is 27.3. The molecule has 0 bridgehead atoms. The van der Waals surface area contributed by atoms with Gasteiger partial charge in [-0.05, 0) is 17.7 Å². The molecule has 12 nitrogen and oxygen atoms in total. The normalized spacial score (nSPS) is 19.4. The first-order valence-electron chi connectivity index (χ1n) is 9.53. The number of β-lactam (4-membered cyclic amide) rings is 1. The number of nitrogens with one attached hydrogen (secondary N) is 1. The van der Waals surface area contributed by atoms with Crippen molar-refractivity contribution in [1.82, 2.24) is 15.2 Å². The molecule has 4 rings (SSSR count). The van der Waals surface area contributed by atoms with Crippen LogP contribution in [0, 0.1) is 0 Å². The average Bonchev–Trinajstić information content (AvgIpc) is 3.50. The van der Waals surface area contributed by atoms with E-state index in [-0.39, 0.29) is 74.2 Å². The van der Waals surface area contributed by atoms with Gasteiger partial charge in [0, 0.05) is 16.9 Å². The number of rotatable bonds is 8. The zero-order valence-corrected chi connectivity index (χ0v) is 22.8. The summed E-state index contributed by atoms with van der Waals surface area (Å²) in [5, 5.41) is 18.8. The number of carboxylic acid groups (broad SMARTS) is 1. The average molecular weight is 546 g/mol. The number of amides is 2. The van der Waals surface area contributed by atoms with Crippen molar-refractivity contribution in [2.45, 2.75) is 11.4 Å². The first-order chi connectivity index (χ1) is 16.3. The van der Waals surface area contributed by atoms with Crippen LogP contribution in [0.3, 0.4) is 0 Å². The quantitative estimate of drug-likeness (QED) is 0.146. The van der Waals surface area contributed by atoms with E-state index in [1.807, 2.05) is 0 Å². The molecule has 3 N–H and O–H groups in total.